The number of halogens is 2. The highest BCUT2D eigenvalue weighted by Gasteiger charge is 2.06. The van der Waals surface area contributed by atoms with Crippen LogP contribution in [-0.2, 0) is 0 Å². The summed E-state index contributed by atoms with van der Waals surface area (Å²) in [7, 11) is 0. The van der Waals surface area contributed by atoms with Crippen molar-refractivity contribution < 1.29 is 8.78 Å². The fourth-order valence-corrected chi connectivity index (χ4v) is 1.83. The van der Waals surface area contributed by atoms with E-state index in [1.165, 1.54) is 6.07 Å². The monoisotopic (exact) mass is 228 g/mol. The number of benzene rings is 2. The molecule has 1 radical (unpaired) electrons. The molecule has 1 heterocycles. The van der Waals surface area contributed by atoms with Crippen molar-refractivity contribution in [2.24, 2.45) is 0 Å². The lowest BCUT2D eigenvalue weighted by Gasteiger charge is -1.98. The van der Waals surface area contributed by atoms with Crippen molar-refractivity contribution in [3.05, 3.63) is 60.2 Å². The predicted molar refractivity (Wildman–Crippen MR) is 62.5 cm³/mol. The second-order valence-electron chi connectivity index (χ2n) is 3.83. The Labute approximate surface area is 96.7 Å². The number of H-pyrrole nitrogens is 1. The third-order valence-electron chi connectivity index (χ3n) is 2.70. The van der Waals surface area contributed by atoms with Gasteiger partial charge in [-0.15, -0.1) is 0 Å². The predicted octanol–water partition coefficient (Wildman–Crippen LogP) is 3.91. The Balaban J connectivity index is 2.17. The Morgan fingerprint density at radius 3 is 2.65 bits per heavy atom. The normalized spacial score (nSPS) is 10.9. The van der Waals surface area contributed by atoms with E-state index in [9.17, 15) is 8.78 Å². The fraction of sp³-hybridized carbons (Fsp3) is 0. The number of rotatable bonds is 1. The van der Waals surface area contributed by atoms with Gasteiger partial charge in [-0.3, -0.25) is 0 Å². The molecule has 83 valence electrons. The number of aromatic amines is 1. The van der Waals surface area contributed by atoms with Crippen LogP contribution in [0.2, 0.25) is 0 Å². The second kappa shape index (κ2) is 3.70. The van der Waals surface area contributed by atoms with Crippen LogP contribution in [0.4, 0.5) is 8.78 Å². The summed E-state index contributed by atoms with van der Waals surface area (Å²) in [6.45, 7) is 0. The molecule has 0 saturated carbocycles. The molecule has 0 spiro atoms. The molecule has 3 rings (SSSR count). The molecule has 0 unspecified atom stereocenters. The molecule has 2 aromatic carbocycles. The Kier molecular flexibility index (Phi) is 2.18. The molecule has 0 fully saturated rings. The number of aromatic nitrogens is 1. The van der Waals surface area contributed by atoms with Gasteiger partial charge in [0.15, 0.2) is 11.6 Å². The smallest absolute Gasteiger partial charge is 0.159 e. The van der Waals surface area contributed by atoms with Crippen LogP contribution in [0.5, 0.6) is 0 Å². The van der Waals surface area contributed by atoms with Crippen molar-refractivity contribution in [1.29, 1.82) is 0 Å². The average Bonchev–Trinajstić information content (AvgIpc) is 2.76. The lowest BCUT2D eigenvalue weighted by molar-refractivity contribution is 0.509. The first kappa shape index (κ1) is 10.0. The van der Waals surface area contributed by atoms with Gasteiger partial charge in [0.2, 0.25) is 0 Å². The number of hydrogen-bond acceptors (Lipinski definition) is 0. The van der Waals surface area contributed by atoms with Crippen LogP contribution in [0.1, 0.15) is 0 Å². The molecule has 17 heavy (non-hydrogen) atoms. The summed E-state index contributed by atoms with van der Waals surface area (Å²) in [6, 6.07) is 14.2. The Bertz CT molecular complexity index is 653. The van der Waals surface area contributed by atoms with E-state index in [1.807, 2.05) is 18.2 Å². The zero-order valence-corrected chi connectivity index (χ0v) is 8.80. The molecule has 0 aliphatic carbocycles. The van der Waals surface area contributed by atoms with Crippen LogP contribution in [0, 0.1) is 17.7 Å². The summed E-state index contributed by atoms with van der Waals surface area (Å²) in [6.07, 6.45) is 0. The summed E-state index contributed by atoms with van der Waals surface area (Å²) >= 11 is 0. The maximum Gasteiger partial charge on any atom is 0.159 e. The van der Waals surface area contributed by atoms with Gasteiger partial charge in [0, 0.05) is 22.2 Å². The first-order chi connectivity index (χ1) is 8.24. The lowest BCUT2D eigenvalue weighted by atomic mass is 10.1. The molecule has 0 aliphatic rings. The topological polar surface area (TPSA) is 15.8 Å². The third kappa shape index (κ3) is 1.69. The summed E-state index contributed by atoms with van der Waals surface area (Å²) < 4.78 is 26.0. The molecular formula is C14H8F2N. The highest BCUT2D eigenvalue weighted by molar-refractivity contribution is 5.85. The molecule has 3 heteroatoms. The minimum atomic E-state index is -0.840. The van der Waals surface area contributed by atoms with Crippen molar-refractivity contribution >= 4 is 10.9 Å². The van der Waals surface area contributed by atoms with Crippen molar-refractivity contribution in [1.82, 2.24) is 4.98 Å². The molecule has 1 aromatic heterocycles. The highest BCUT2D eigenvalue weighted by Crippen LogP contribution is 2.24. The van der Waals surface area contributed by atoms with E-state index in [2.05, 4.69) is 11.1 Å². The molecule has 1 nitrogen and oxygen atoms in total. The molecule has 1 N–H and O–H groups in total. The van der Waals surface area contributed by atoms with E-state index in [0.29, 0.717) is 5.56 Å². The minimum absolute atomic E-state index is 0.625. The standard InChI is InChI=1S/C14H8F2N/c15-11-6-5-10(7-12(11)16)14-8-9-3-1-2-4-13(9)17-14/h2-8,17H. The highest BCUT2D eigenvalue weighted by atomic mass is 19.2. The van der Waals surface area contributed by atoms with Crippen LogP contribution in [-0.4, -0.2) is 4.98 Å². The van der Waals surface area contributed by atoms with Crippen LogP contribution in [0.15, 0.2) is 42.5 Å². The molecule has 0 saturated heterocycles. The van der Waals surface area contributed by atoms with Crippen molar-refractivity contribution in [2.75, 3.05) is 0 Å². The van der Waals surface area contributed by atoms with Gasteiger partial charge in [0.1, 0.15) is 0 Å². The fourth-order valence-electron chi connectivity index (χ4n) is 1.83. The Morgan fingerprint density at radius 1 is 1.00 bits per heavy atom. The molecule has 0 aliphatic heterocycles. The Hall–Kier alpha value is -2.16. The van der Waals surface area contributed by atoms with Gasteiger partial charge in [-0.2, -0.15) is 0 Å². The first-order valence-corrected chi connectivity index (χ1v) is 5.18. The number of nitrogens with one attached hydrogen (secondary N) is 1. The summed E-state index contributed by atoms with van der Waals surface area (Å²) in [4.78, 5) is 3.15. The van der Waals surface area contributed by atoms with Crippen molar-refractivity contribution in [2.45, 2.75) is 0 Å². The van der Waals surface area contributed by atoms with Crippen LogP contribution in [0.3, 0.4) is 0 Å². The third-order valence-corrected chi connectivity index (χ3v) is 2.70. The van der Waals surface area contributed by atoms with Gasteiger partial charge in [-0.05, 0) is 42.5 Å². The molecule has 0 amide bonds. The van der Waals surface area contributed by atoms with Gasteiger partial charge >= 0.3 is 0 Å². The molecule has 0 atom stereocenters. The van der Waals surface area contributed by atoms with E-state index in [1.54, 1.807) is 12.1 Å². The van der Waals surface area contributed by atoms with Gasteiger partial charge < -0.3 is 4.98 Å². The summed E-state index contributed by atoms with van der Waals surface area (Å²) in [5, 5.41) is 0.993. The van der Waals surface area contributed by atoms with E-state index < -0.39 is 11.6 Å². The van der Waals surface area contributed by atoms with Gasteiger partial charge in [-0.1, -0.05) is 6.07 Å². The van der Waals surface area contributed by atoms with Gasteiger partial charge in [0.05, 0.1) is 0 Å². The lowest BCUT2D eigenvalue weighted by Crippen LogP contribution is -1.85. The second-order valence-corrected chi connectivity index (χ2v) is 3.83. The average molecular weight is 228 g/mol. The van der Waals surface area contributed by atoms with Crippen LogP contribution >= 0.6 is 0 Å². The molecule has 0 bridgehead atoms. The van der Waals surface area contributed by atoms with Crippen molar-refractivity contribution in [3.8, 4) is 11.3 Å². The van der Waals surface area contributed by atoms with E-state index >= 15 is 0 Å². The largest absolute Gasteiger partial charge is 0.355 e. The maximum absolute atomic E-state index is 13.1. The van der Waals surface area contributed by atoms with Crippen molar-refractivity contribution in [3.63, 3.8) is 0 Å². The van der Waals surface area contributed by atoms with Crippen LogP contribution in [0.25, 0.3) is 22.2 Å². The number of fused-ring (bicyclic) bond motifs is 1. The Morgan fingerprint density at radius 2 is 1.88 bits per heavy atom. The maximum atomic E-state index is 13.1. The zero-order valence-electron chi connectivity index (χ0n) is 8.80. The van der Waals surface area contributed by atoms with Gasteiger partial charge in [0.25, 0.3) is 0 Å². The minimum Gasteiger partial charge on any atom is -0.355 e. The summed E-state index contributed by atoms with van der Waals surface area (Å²) in [5.41, 5.74) is 2.34. The molecule has 3 aromatic rings. The quantitative estimate of drug-likeness (QED) is 0.649. The first-order valence-electron chi connectivity index (χ1n) is 5.18. The summed E-state index contributed by atoms with van der Waals surface area (Å²) in [5.74, 6) is -1.68. The molecular weight excluding hydrogens is 220 g/mol. The number of hydrogen-bond donors (Lipinski definition) is 1. The van der Waals surface area contributed by atoms with E-state index in [-0.39, 0.29) is 0 Å². The van der Waals surface area contributed by atoms with Crippen LogP contribution < -0.4 is 0 Å². The van der Waals surface area contributed by atoms with E-state index in [0.717, 1.165) is 22.7 Å². The zero-order chi connectivity index (χ0) is 11.8. The van der Waals surface area contributed by atoms with Gasteiger partial charge in [-0.25, -0.2) is 8.78 Å². The van der Waals surface area contributed by atoms with E-state index in [4.69, 9.17) is 0 Å². The SMILES string of the molecule is Fc1ccc(-c2cc3c[c]ccc3[nH]2)cc1F.